The maximum atomic E-state index is 12.9. The van der Waals surface area contributed by atoms with Gasteiger partial charge in [0, 0.05) is 6.42 Å². The molecule has 0 aliphatic carbocycles. The van der Waals surface area contributed by atoms with Crippen LogP contribution in [0.4, 0.5) is 0 Å². The number of amides is 1. The molecule has 9 N–H and O–H groups in total. The van der Waals surface area contributed by atoms with Crippen molar-refractivity contribution < 1.29 is 64.6 Å². The first-order valence-electron chi connectivity index (χ1n) is 18.9. The van der Waals surface area contributed by atoms with E-state index < -0.39 is 86.8 Å². The molecule has 14 nitrogen and oxygen atoms in total. The molecule has 0 saturated carbocycles. The van der Waals surface area contributed by atoms with Crippen LogP contribution < -0.4 is 5.32 Å². The van der Waals surface area contributed by atoms with Gasteiger partial charge in [0.2, 0.25) is 5.91 Å². The Balaban J connectivity index is 1.93. The number of carbonyl (C=O) groups excluding carboxylic acids is 1. The van der Waals surface area contributed by atoms with Crippen LogP contribution >= 0.6 is 0 Å². The van der Waals surface area contributed by atoms with Gasteiger partial charge in [-0.3, -0.25) is 4.79 Å². The summed E-state index contributed by atoms with van der Waals surface area (Å²) in [5, 5.41) is 85.6. The van der Waals surface area contributed by atoms with E-state index in [0.29, 0.717) is 6.42 Å². The number of rotatable bonds is 26. The van der Waals surface area contributed by atoms with Crippen LogP contribution in [0, 0.1) is 0 Å². The van der Waals surface area contributed by atoms with Crippen molar-refractivity contribution in [3.05, 3.63) is 12.2 Å². The van der Waals surface area contributed by atoms with Gasteiger partial charge in [-0.2, -0.15) is 0 Å². The van der Waals surface area contributed by atoms with Crippen LogP contribution in [0.15, 0.2) is 12.2 Å². The largest absolute Gasteiger partial charge is 0.394 e. The molecule has 1 amide bonds. The molecule has 0 radical (unpaired) electrons. The number of aliphatic hydroxyl groups excluding tert-OH is 8. The zero-order valence-electron chi connectivity index (χ0n) is 30.1. The van der Waals surface area contributed by atoms with E-state index in [4.69, 9.17) is 18.9 Å². The molecule has 0 spiro atoms. The van der Waals surface area contributed by atoms with E-state index in [1.54, 1.807) is 6.08 Å². The van der Waals surface area contributed by atoms with Gasteiger partial charge in [0.25, 0.3) is 0 Å². The van der Waals surface area contributed by atoms with Gasteiger partial charge in [-0.1, -0.05) is 103 Å². The van der Waals surface area contributed by atoms with Crippen molar-refractivity contribution in [1.82, 2.24) is 5.32 Å². The Labute approximate surface area is 297 Å². The predicted molar refractivity (Wildman–Crippen MR) is 185 cm³/mol. The van der Waals surface area contributed by atoms with Crippen LogP contribution in [0.3, 0.4) is 0 Å². The predicted octanol–water partition coefficient (Wildman–Crippen LogP) is 1.31. The molecular formula is C36H67NO13. The molecule has 50 heavy (non-hydrogen) atoms. The molecule has 2 saturated heterocycles. The fourth-order valence-corrected chi connectivity index (χ4v) is 6.23. The molecular weight excluding hydrogens is 654 g/mol. The zero-order chi connectivity index (χ0) is 36.9. The molecule has 0 bridgehead atoms. The van der Waals surface area contributed by atoms with Gasteiger partial charge in [-0.15, -0.1) is 0 Å². The monoisotopic (exact) mass is 721 g/mol. The lowest BCUT2D eigenvalue weighted by Gasteiger charge is -2.46. The third-order valence-corrected chi connectivity index (χ3v) is 9.47. The van der Waals surface area contributed by atoms with E-state index >= 15 is 0 Å². The summed E-state index contributed by atoms with van der Waals surface area (Å²) in [6.07, 6.45) is 3.36. The summed E-state index contributed by atoms with van der Waals surface area (Å²) in [4.78, 5) is 12.9. The van der Waals surface area contributed by atoms with Gasteiger partial charge in [0.05, 0.1) is 32.0 Å². The molecule has 12 atom stereocenters. The Hall–Kier alpha value is -1.27. The molecule has 14 heteroatoms. The highest BCUT2D eigenvalue weighted by atomic mass is 16.7. The number of hydrogen-bond donors (Lipinski definition) is 9. The van der Waals surface area contributed by atoms with Gasteiger partial charge in [-0.25, -0.2) is 0 Å². The van der Waals surface area contributed by atoms with Gasteiger partial charge in [-0.05, 0) is 19.3 Å². The lowest BCUT2D eigenvalue weighted by molar-refractivity contribution is -0.359. The van der Waals surface area contributed by atoms with E-state index in [-0.39, 0.29) is 18.9 Å². The van der Waals surface area contributed by atoms with Gasteiger partial charge in [0.1, 0.15) is 48.8 Å². The minimum absolute atomic E-state index is 0.251. The Kier molecular flexibility index (Phi) is 23.0. The maximum absolute atomic E-state index is 12.9. The molecule has 12 unspecified atom stereocenters. The molecule has 2 heterocycles. The first kappa shape index (κ1) is 44.9. The smallest absolute Gasteiger partial charge is 0.220 e. The van der Waals surface area contributed by atoms with E-state index in [2.05, 4.69) is 19.2 Å². The fourth-order valence-electron chi connectivity index (χ4n) is 6.23. The lowest BCUT2D eigenvalue weighted by Crippen LogP contribution is -2.65. The highest BCUT2D eigenvalue weighted by molar-refractivity contribution is 5.76. The molecule has 2 aliphatic heterocycles. The van der Waals surface area contributed by atoms with E-state index in [0.717, 1.165) is 44.9 Å². The number of aliphatic hydroxyl groups is 8. The lowest BCUT2D eigenvalue weighted by atomic mass is 9.97. The summed E-state index contributed by atoms with van der Waals surface area (Å²) in [5.74, 6) is -0.251. The number of carbonyl (C=O) groups is 1. The van der Waals surface area contributed by atoms with Crippen LogP contribution in [0.1, 0.15) is 117 Å². The molecule has 2 aliphatic rings. The number of ether oxygens (including phenoxy) is 4. The SMILES string of the molecule is CCCCC/C=C/C(O)C(COC1OC(CO)C(OC2OC(CO)C(O)C(O)C2O)C(O)C1O)NC(=O)CCCCCCCCCCCCC. The molecule has 2 fully saturated rings. The highest BCUT2D eigenvalue weighted by Crippen LogP contribution is 2.29. The summed E-state index contributed by atoms with van der Waals surface area (Å²) < 4.78 is 22.4. The standard InChI is InChI=1S/C36H67NO13/c1-3-5-7-9-10-11-12-13-14-16-18-20-28(41)37-24(25(40)19-17-15-8-6-4-2)23-47-35-33(46)31(44)34(27(22-39)49-35)50-36-32(45)30(43)29(42)26(21-38)48-36/h17,19,24-27,29-36,38-40,42-46H,3-16,18,20-23H2,1-2H3,(H,37,41)/b19-17+. The maximum Gasteiger partial charge on any atom is 0.220 e. The van der Waals surface area contributed by atoms with Gasteiger partial charge < -0.3 is 65.1 Å². The van der Waals surface area contributed by atoms with Crippen molar-refractivity contribution in [2.24, 2.45) is 0 Å². The number of hydrogen-bond acceptors (Lipinski definition) is 13. The van der Waals surface area contributed by atoms with E-state index in [9.17, 15) is 45.6 Å². The van der Waals surface area contributed by atoms with Crippen LogP contribution in [-0.4, -0.2) is 140 Å². The van der Waals surface area contributed by atoms with Crippen molar-refractivity contribution in [1.29, 1.82) is 0 Å². The average Bonchev–Trinajstić information content (AvgIpc) is 3.11. The first-order valence-corrected chi connectivity index (χ1v) is 18.9. The van der Waals surface area contributed by atoms with Crippen LogP contribution in [0.5, 0.6) is 0 Å². The van der Waals surface area contributed by atoms with E-state index in [1.807, 2.05) is 6.08 Å². The molecule has 0 aromatic carbocycles. The normalized spacial score (nSPS) is 31.6. The molecule has 0 aromatic heterocycles. The first-order chi connectivity index (χ1) is 24.1. The van der Waals surface area contributed by atoms with Crippen molar-refractivity contribution in [3.8, 4) is 0 Å². The summed E-state index contributed by atoms with van der Waals surface area (Å²) in [6.45, 7) is 2.60. The quantitative estimate of drug-likeness (QED) is 0.0454. The molecule has 0 aromatic rings. The second-order valence-corrected chi connectivity index (χ2v) is 13.7. The second-order valence-electron chi connectivity index (χ2n) is 13.7. The van der Waals surface area contributed by atoms with Crippen LogP contribution in [0.25, 0.3) is 0 Å². The minimum Gasteiger partial charge on any atom is -0.394 e. The van der Waals surface area contributed by atoms with Crippen LogP contribution in [-0.2, 0) is 23.7 Å². The van der Waals surface area contributed by atoms with Crippen molar-refractivity contribution in [2.45, 2.75) is 190 Å². The van der Waals surface area contributed by atoms with Crippen molar-refractivity contribution >= 4 is 5.91 Å². The van der Waals surface area contributed by atoms with Gasteiger partial charge in [0.15, 0.2) is 12.6 Å². The average molecular weight is 722 g/mol. The molecule has 294 valence electrons. The minimum atomic E-state index is -1.78. The van der Waals surface area contributed by atoms with Crippen LogP contribution in [0.2, 0.25) is 0 Å². The topological polar surface area (TPSA) is 228 Å². The highest BCUT2D eigenvalue weighted by Gasteiger charge is 2.50. The summed E-state index contributed by atoms with van der Waals surface area (Å²) >= 11 is 0. The second kappa shape index (κ2) is 25.7. The Morgan fingerprint density at radius 3 is 1.84 bits per heavy atom. The van der Waals surface area contributed by atoms with Gasteiger partial charge >= 0.3 is 0 Å². The third kappa shape index (κ3) is 15.4. The number of allylic oxidation sites excluding steroid dienone is 1. The number of unbranched alkanes of at least 4 members (excludes halogenated alkanes) is 13. The Bertz CT molecular complexity index is 909. The fraction of sp³-hybridized carbons (Fsp3) is 0.917. The molecule has 2 rings (SSSR count). The Morgan fingerprint density at radius 1 is 0.700 bits per heavy atom. The summed E-state index contributed by atoms with van der Waals surface area (Å²) in [5.41, 5.74) is 0. The third-order valence-electron chi connectivity index (χ3n) is 9.47. The zero-order valence-corrected chi connectivity index (χ0v) is 30.1. The summed E-state index contributed by atoms with van der Waals surface area (Å²) in [7, 11) is 0. The van der Waals surface area contributed by atoms with Crippen molar-refractivity contribution in [3.63, 3.8) is 0 Å². The van der Waals surface area contributed by atoms with E-state index in [1.165, 1.54) is 44.9 Å². The van der Waals surface area contributed by atoms with Crippen molar-refractivity contribution in [2.75, 3.05) is 19.8 Å². The Morgan fingerprint density at radius 2 is 1.24 bits per heavy atom. The summed E-state index contributed by atoms with van der Waals surface area (Å²) in [6, 6.07) is -0.902. The number of nitrogens with one attached hydrogen (secondary N) is 1.